The summed E-state index contributed by atoms with van der Waals surface area (Å²) in [6.07, 6.45) is 1.58. The van der Waals surface area contributed by atoms with Crippen LogP contribution < -0.4 is 0 Å². The molecule has 0 radical (unpaired) electrons. The van der Waals surface area contributed by atoms with Gasteiger partial charge in [0.1, 0.15) is 6.61 Å². The SMILES string of the molecule is CCO/N=C/C1=C(C(=O)OC)C(C)(C)CC1=O. The number of ether oxygens (including phenoxy) is 1. The molecule has 1 aliphatic rings. The van der Waals surface area contributed by atoms with Crippen molar-refractivity contribution in [1.82, 2.24) is 0 Å². The van der Waals surface area contributed by atoms with E-state index in [0.717, 1.165) is 0 Å². The maximum absolute atomic E-state index is 11.8. The van der Waals surface area contributed by atoms with Crippen LogP contribution in [0.5, 0.6) is 0 Å². The van der Waals surface area contributed by atoms with E-state index in [0.29, 0.717) is 12.2 Å². The maximum atomic E-state index is 11.8. The third kappa shape index (κ3) is 2.72. The summed E-state index contributed by atoms with van der Waals surface area (Å²) < 4.78 is 4.70. The van der Waals surface area contributed by atoms with E-state index >= 15 is 0 Å². The number of allylic oxidation sites excluding steroid dienone is 1. The molecule has 0 spiro atoms. The fourth-order valence-corrected chi connectivity index (χ4v) is 1.88. The van der Waals surface area contributed by atoms with Gasteiger partial charge in [-0.25, -0.2) is 4.79 Å². The molecule has 0 amide bonds. The molecule has 0 aromatic rings. The van der Waals surface area contributed by atoms with Crippen LogP contribution in [-0.4, -0.2) is 31.7 Å². The van der Waals surface area contributed by atoms with Crippen LogP contribution in [0.4, 0.5) is 0 Å². The number of rotatable bonds is 4. The average Bonchev–Trinajstić information content (AvgIpc) is 2.48. The van der Waals surface area contributed by atoms with E-state index in [1.165, 1.54) is 13.3 Å². The molecule has 0 unspecified atom stereocenters. The number of carbonyl (C=O) groups excluding carboxylic acids is 2. The lowest BCUT2D eigenvalue weighted by molar-refractivity contribution is -0.137. The van der Waals surface area contributed by atoms with Gasteiger partial charge >= 0.3 is 5.97 Å². The fraction of sp³-hybridized carbons (Fsp3) is 0.583. The van der Waals surface area contributed by atoms with Crippen molar-refractivity contribution in [3.63, 3.8) is 0 Å². The third-order valence-electron chi connectivity index (χ3n) is 2.62. The lowest BCUT2D eigenvalue weighted by Gasteiger charge is -2.19. The van der Waals surface area contributed by atoms with Gasteiger partial charge in [-0.15, -0.1) is 0 Å². The van der Waals surface area contributed by atoms with E-state index in [-0.39, 0.29) is 17.8 Å². The molecule has 0 saturated carbocycles. The Kier molecular flexibility index (Phi) is 4.04. The zero-order chi connectivity index (χ0) is 13.1. The van der Waals surface area contributed by atoms with Gasteiger partial charge in [0.25, 0.3) is 0 Å². The van der Waals surface area contributed by atoms with Gasteiger partial charge in [-0.3, -0.25) is 4.79 Å². The Morgan fingerprint density at radius 3 is 2.71 bits per heavy atom. The van der Waals surface area contributed by atoms with Crippen molar-refractivity contribution in [2.75, 3.05) is 13.7 Å². The first-order valence-electron chi connectivity index (χ1n) is 5.45. The Bertz CT molecular complexity index is 393. The minimum Gasteiger partial charge on any atom is -0.466 e. The molecule has 94 valence electrons. The summed E-state index contributed by atoms with van der Waals surface area (Å²) in [6, 6.07) is 0. The molecule has 1 rings (SSSR count). The standard InChI is InChI=1S/C12H17NO4/c1-5-17-13-7-8-9(14)6-12(2,3)10(8)11(15)16-4/h7H,5-6H2,1-4H3/b13-7+. The van der Waals surface area contributed by atoms with Gasteiger partial charge < -0.3 is 9.57 Å². The average molecular weight is 239 g/mol. The van der Waals surface area contributed by atoms with Crippen LogP contribution in [-0.2, 0) is 19.2 Å². The van der Waals surface area contributed by atoms with Crippen LogP contribution in [0, 0.1) is 5.41 Å². The highest BCUT2D eigenvalue weighted by atomic mass is 16.6. The van der Waals surface area contributed by atoms with E-state index in [1.807, 2.05) is 13.8 Å². The first kappa shape index (κ1) is 13.4. The second-order valence-electron chi connectivity index (χ2n) is 4.42. The van der Waals surface area contributed by atoms with E-state index in [4.69, 9.17) is 9.57 Å². The van der Waals surface area contributed by atoms with Gasteiger partial charge in [-0.1, -0.05) is 19.0 Å². The second kappa shape index (κ2) is 5.12. The summed E-state index contributed by atoms with van der Waals surface area (Å²) in [6.45, 7) is 5.86. The number of Topliss-reactive ketones (excluding diaryl/α,β-unsaturated/α-hetero) is 1. The maximum Gasteiger partial charge on any atom is 0.335 e. The van der Waals surface area contributed by atoms with Crippen molar-refractivity contribution in [3.8, 4) is 0 Å². The van der Waals surface area contributed by atoms with Gasteiger partial charge in [0.15, 0.2) is 5.78 Å². The van der Waals surface area contributed by atoms with E-state index < -0.39 is 11.4 Å². The van der Waals surface area contributed by atoms with Crippen molar-refractivity contribution < 1.29 is 19.2 Å². The molecule has 0 aliphatic heterocycles. The number of hydrogen-bond acceptors (Lipinski definition) is 5. The topological polar surface area (TPSA) is 65.0 Å². The summed E-state index contributed by atoms with van der Waals surface area (Å²) in [5, 5.41) is 3.64. The van der Waals surface area contributed by atoms with Crippen molar-refractivity contribution >= 4 is 18.0 Å². The minimum absolute atomic E-state index is 0.112. The summed E-state index contributed by atoms with van der Waals surface area (Å²) in [4.78, 5) is 28.3. The van der Waals surface area contributed by atoms with E-state index in [9.17, 15) is 9.59 Å². The van der Waals surface area contributed by atoms with Crippen molar-refractivity contribution in [1.29, 1.82) is 0 Å². The predicted octanol–water partition coefficient (Wildman–Crippen LogP) is 1.48. The lowest BCUT2D eigenvalue weighted by atomic mass is 9.85. The smallest absolute Gasteiger partial charge is 0.335 e. The molecule has 5 nitrogen and oxygen atoms in total. The van der Waals surface area contributed by atoms with Crippen molar-refractivity contribution in [3.05, 3.63) is 11.1 Å². The molecule has 5 heteroatoms. The van der Waals surface area contributed by atoms with Gasteiger partial charge in [0.2, 0.25) is 0 Å². The highest BCUT2D eigenvalue weighted by molar-refractivity contribution is 6.21. The Balaban J connectivity index is 3.14. The number of hydrogen-bond donors (Lipinski definition) is 0. The normalized spacial score (nSPS) is 18.9. The second-order valence-corrected chi connectivity index (χ2v) is 4.42. The fourth-order valence-electron chi connectivity index (χ4n) is 1.88. The zero-order valence-corrected chi connectivity index (χ0v) is 10.6. The zero-order valence-electron chi connectivity index (χ0n) is 10.6. The predicted molar refractivity (Wildman–Crippen MR) is 62.6 cm³/mol. The van der Waals surface area contributed by atoms with Crippen LogP contribution in [0.25, 0.3) is 0 Å². The highest BCUT2D eigenvalue weighted by Gasteiger charge is 2.42. The number of oxime groups is 1. The molecular formula is C12H17NO4. The quantitative estimate of drug-likeness (QED) is 0.423. The minimum atomic E-state index is -0.516. The van der Waals surface area contributed by atoms with Gasteiger partial charge in [-0.05, 0) is 6.92 Å². The molecule has 0 aromatic carbocycles. The van der Waals surface area contributed by atoms with Crippen LogP contribution >= 0.6 is 0 Å². The molecular weight excluding hydrogens is 222 g/mol. The number of esters is 1. The Morgan fingerprint density at radius 1 is 1.53 bits per heavy atom. The van der Waals surface area contributed by atoms with Gasteiger partial charge in [0.05, 0.1) is 24.5 Å². The van der Waals surface area contributed by atoms with Gasteiger partial charge in [0, 0.05) is 11.8 Å². The largest absolute Gasteiger partial charge is 0.466 e. The number of carbonyl (C=O) groups is 2. The number of ketones is 1. The first-order chi connectivity index (χ1) is 7.94. The molecule has 1 aliphatic carbocycles. The van der Waals surface area contributed by atoms with E-state index in [1.54, 1.807) is 6.92 Å². The summed E-state index contributed by atoms with van der Waals surface area (Å²) in [5.74, 6) is -0.599. The van der Waals surface area contributed by atoms with Crippen molar-refractivity contribution in [2.45, 2.75) is 27.2 Å². The molecule has 0 atom stereocenters. The molecule has 0 aromatic heterocycles. The molecule has 17 heavy (non-hydrogen) atoms. The molecule has 0 saturated heterocycles. The number of methoxy groups -OCH3 is 1. The summed E-state index contributed by atoms with van der Waals surface area (Å²) in [7, 11) is 1.30. The first-order valence-corrected chi connectivity index (χ1v) is 5.45. The van der Waals surface area contributed by atoms with Crippen LogP contribution in [0.3, 0.4) is 0 Å². The highest BCUT2D eigenvalue weighted by Crippen LogP contribution is 2.40. The Labute approximate surface area is 100 Å². The Hall–Kier alpha value is -1.65. The van der Waals surface area contributed by atoms with Crippen LogP contribution in [0.2, 0.25) is 0 Å². The molecule has 0 fully saturated rings. The third-order valence-corrected chi connectivity index (χ3v) is 2.62. The summed E-state index contributed by atoms with van der Waals surface area (Å²) in [5.41, 5.74) is 0.140. The van der Waals surface area contributed by atoms with E-state index in [2.05, 4.69) is 5.16 Å². The monoisotopic (exact) mass is 239 g/mol. The Morgan fingerprint density at radius 2 is 2.18 bits per heavy atom. The molecule has 0 bridgehead atoms. The van der Waals surface area contributed by atoms with Crippen molar-refractivity contribution in [2.24, 2.45) is 10.6 Å². The molecule has 0 heterocycles. The lowest BCUT2D eigenvalue weighted by Crippen LogP contribution is -2.19. The van der Waals surface area contributed by atoms with Crippen LogP contribution in [0.15, 0.2) is 16.3 Å². The summed E-state index contributed by atoms with van der Waals surface area (Å²) >= 11 is 0. The van der Waals surface area contributed by atoms with Crippen LogP contribution in [0.1, 0.15) is 27.2 Å². The molecule has 0 N–H and O–H groups in total. The van der Waals surface area contributed by atoms with Gasteiger partial charge in [-0.2, -0.15) is 0 Å². The number of nitrogens with zero attached hydrogens (tertiary/aromatic N) is 1.